The predicted molar refractivity (Wildman–Crippen MR) is 39.4 cm³/mol. The lowest BCUT2D eigenvalue weighted by Gasteiger charge is -2.12. The van der Waals surface area contributed by atoms with Crippen LogP contribution >= 0.6 is 0 Å². The fourth-order valence-electron chi connectivity index (χ4n) is 0.741. The van der Waals surface area contributed by atoms with E-state index >= 15 is 0 Å². The average molecular weight is 142 g/mol. The molecule has 0 fully saturated rings. The number of nitriles is 1. The molecule has 0 saturated heterocycles. The van der Waals surface area contributed by atoms with Crippen molar-refractivity contribution in [2.75, 3.05) is 6.61 Å². The van der Waals surface area contributed by atoms with Gasteiger partial charge in [-0.05, 0) is 20.3 Å². The first-order valence-electron chi connectivity index (χ1n) is 3.47. The van der Waals surface area contributed by atoms with E-state index in [1.54, 1.807) is 6.92 Å². The monoisotopic (exact) mass is 142 g/mol. The van der Waals surface area contributed by atoms with Crippen LogP contribution in [-0.2, 0) is 0 Å². The molecular formula is C7H14N2O. The van der Waals surface area contributed by atoms with Gasteiger partial charge in [-0.2, -0.15) is 5.26 Å². The first-order valence-corrected chi connectivity index (χ1v) is 3.47. The number of hydrogen-bond donors (Lipinski definition) is 2. The fourth-order valence-corrected chi connectivity index (χ4v) is 0.741. The number of rotatable bonds is 4. The van der Waals surface area contributed by atoms with Crippen LogP contribution in [-0.4, -0.2) is 23.8 Å². The highest BCUT2D eigenvalue weighted by atomic mass is 16.3. The Morgan fingerprint density at radius 3 is 2.60 bits per heavy atom. The Morgan fingerprint density at radius 2 is 2.20 bits per heavy atom. The van der Waals surface area contributed by atoms with Crippen LogP contribution in [0.4, 0.5) is 0 Å². The van der Waals surface area contributed by atoms with Gasteiger partial charge in [-0.3, -0.25) is 5.32 Å². The van der Waals surface area contributed by atoms with Crippen LogP contribution in [0.2, 0.25) is 0 Å². The van der Waals surface area contributed by atoms with Crippen molar-refractivity contribution >= 4 is 0 Å². The molecule has 0 aromatic carbocycles. The van der Waals surface area contributed by atoms with Crippen molar-refractivity contribution in [1.82, 2.24) is 5.32 Å². The Kier molecular flexibility index (Phi) is 4.91. The van der Waals surface area contributed by atoms with E-state index < -0.39 is 0 Å². The van der Waals surface area contributed by atoms with E-state index in [0.29, 0.717) is 6.42 Å². The standard InChI is InChI=1S/C7H14N2O/c1-6(3-4-10)9-7(2)5-8/h6-7,9-10H,3-4H2,1-2H3. The molecule has 2 unspecified atom stereocenters. The Bertz CT molecular complexity index is 119. The van der Waals surface area contributed by atoms with Crippen molar-refractivity contribution in [2.45, 2.75) is 32.4 Å². The van der Waals surface area contributed by atoms with Crippen molar-refractivity contribution < 1.29 is 5.11 Å². The lowest BCUT2D eigenvalue weighted by Crippen LogP contribution is -2.33. The molecule has 2 N–H and O–H groups in total. The van der Waals surface area contributed by atoms with Crippen molar-refractivity contribution in [3.8, 4) is 6.07 Å². The number of nitrogens with zero attached hydrogens (tertiary/aromatic N) is 1. The van der Waals surface area contributed by atoms with Gasteiger partial charge in [-0.25, -0.2) is 0 Å². The van der Waals surface area contributed by atoms with E-state index in [1.165, 1.54) is 0 Å². The lowest BCUT2D eigenvalue weighted by atomic mass is 10.2. The second-order valence-corrected chi connectivity index (χ2v) is 2.43. The molecule has 3 heteroatoms. The molecule has 2 atom stereocenters. The maximum Gasteiger partial charge on any atom is 0.0926 e. The van der Waals surface area contributed by atoms with E-state index in [0.717, 1.165) is 0 Å². The van der Waals surface area contributed by atoms with Crippen LogP contribution in [0.5, 0.6) is 0 Å². The third-order valence-corrected chi connectivity index (χ3v) is 1.29. The summed E-state index contributed by atoms with van der Waals surface area (Å²) in [5.41, 5.74) is 0. The van der Waals surface area contributed by atoms with Gasteiger partial charge in [0.1, 0.15) is 0 Å². The van der Waals surface area contributed by atoms with Crippen LogP contribution in [0, 0.1) is 11.3 Å². The van der Waals surface area contributed by atoms with Gasteiger partial charge >= 0.3 is 0 Å². The average Bonchev–Trinajstić information content (AvgIpc) is 1.88. The molecule has 0 saturated carbocycles. The quantitative estimate of drug-likeness (QED) is 0.592. The minimum Gasteiger partial charge on any atom is -0.396 e. The van der Waals surface area contributed by atoms with Crippen LogP contribution in [0.3, 0.4) is 0 Å². The minimum absolute atomic E-state index is 0.124. The van der Waals surface area contributed by atoms with Crippen LogP contribution in [0.1, 0.15) is 20.3 Å². The molecule has 0 spiro atoms. The molecule has 0 rings (SSSR count). The summed E-state index contributed by atoms with van der Waals surface area (Å²) in [6.07, 6.45) is 0.700. The van der Waals surface area contributed by atoms with Gasteiger partial charge in [0.15, 0.2) is 0 Å². The lowest BCUT2D eigenvalue weighted by molar-refractivity contribution is 0.267. The zero-order valence-corrected chi connectivity index (χ0v) is 6.46. The summed E-state index contributed by atoms with van der Waals surface area (Å²) in [5, 5.41) is 19.9. The summed E-state index contributed by atoms with van der Waals surface area (Å²) in [7, 11) is 0. The summed E-state index contributed by atoms with van der Waals surface area (Å²) < 4.78 is 0. The fraction of sp³-hybridized carbons (Fsp3) is 0.857. The van der Waals surface area contributed by atoms with E-state index in [9.17, 15) is 0 Å². The summed E-state index contributed by atoms with van der Waals surface area (Å²) in [6.45, 7) is 3.92. The van der Waals surface area contributed by atoms with Gasteiger partial charge in [0.25, 0.3) is 0 Å². The molecule has 10 heavy (non-hydrogen) atoms. The SMILES string of the molecule is CC(C#N)NC(C)CCO. The second kappa shape index (κ2) is 5.21. The molecule has 0 aliphatic carbocycles. The van der Waals surface area contributed by atoms with Crippen LogP contribution < -0.4 is 5.32 Å². The number of aliphatic hydroxyl groups is 1. The number of nitrogens with one attached hydrogen (secondary N) is 1. The topological polar surface area (TPSA) is 56.0 Å². The third-order valence-electron chi connectivity index (χ3n) is 1.29. The van der Waals surface area contributed by atoms with E-state index in [2.05, 4.69) is 11.4 Å². The van der Waals surface area contributed by atoms with Gasteiger partial charge in [0, 0.05) is 12.6 Å². The van der Waals surface area contributed by atoms with Crippen molar-refractivity contribution in [3.05, 3.63) is 0 Å². The number of aliphatic hydroxyl groups excluding tert-OH is 1. The van der Waals surface area contributed by atoms with Crippen molar-refractivity contribution in [3.63, 3.8) is 0 Å². The zero-order chi connectivity index (χ0) is 7.98. The highest BCUT2D eigenvalue weighted by Crippen LogP contribution is 1.90. The summed E-state index contributed by atoms with van der Waals surface area (Å²) in [5.74, 6) is 0. The molecule has 0 aliphatic heterocycles. The highest BCUT2D eigenvalue weighted by molar-refractivity contribution is 4.86. The molecule has 0 radical (unpaired) electrons. The molecule has 0 aromatic heterocycles. The first kappa shape index (κ1) is 9.41. The Labute approximate surface area is 61.7 Å². The van der Waals surface area contributed by atoms with Crippen LogP contribution in [0.15, 0.2) is 0 Å². The van der Waals surface area contributed by atoms with Crippen molar-refractivity contribution in [2.24, 2.45) is 0 Å². The second-order valence-electron chi connectivity index (χ2n) is 2.43. The van der Waals surface area contributed by atoms with Gasteiger partial charge in [0.2, 0.25) is 0 Å². The normalized spacial score (nSPS) is 15.8. The van der Waals surface area contributed by atoms with Crippen LogP contribution in [0.25, 0.3) is 0 Å². The molecule has 0 bridgehead atoms. The molecule has 0 heterocycles. The maximum absolute atomic E-state index is 8.50. The van der Waals surface area contributed by atoms with E-state index in [1.807, 2.05) is 6.92 Å². The Hall–Kier alpha value is -0.590. The summed E-state index contributed by atoms with van der Waals surface area (Å²) >= 11 is 0. The molecule has 0 aliphatic rings. The van der Waals surface area contributed by atoms with Crippen molar-refractivity contribution in [1.29, 1.82) is 5.26 Å². The zero-order valence-electron chi connectivity index (χ0n) is 6.46. The molecule has 0 amide bonds. The van der Waals surface area contributed by atoms with Gasteiger partial charge in [-0.1, -0.05) is 0 Å². The molecular weight excluding hydrogens is 128 g/mol. The smallest absolute Gasteiger partial charge is 0.0926 e. The Balaban J connectivity index is 3.39. The summed E-state index contributed by atoms with van der Waals surface area (Å²) in [6, 6.07) is 2.16. The molecule has 0 aromatic rings. The predicted octanol–water partition coefficient (Wildman–Crippen LogP) is 0.259. The van der Waals surface area contributed by atoms with E-state index in [-0.39, 0.29) is 18.7 Å². The third kappa shape index (κ3) is 4.30. The van der Waals surface area contributed by atoms with E-state index in [4.69, 9.17) is 10.4 Å². The van der Waals surface area contributed by atoms with Gasteiger partial charge in [-0.15, -0.1) is 0 Å². The Morgan fingerprint density at radius 1 is 1.60 bits per heavy atom. The van der Waals surface area contributed by atoms with Gasteiger partial charge < -0.3 is 5.11 Å². The maximum atomic E-state index is 8.50. The highest BCUT2D eigenvalue weighted by Gasteiger charge is 2.03. The first-order chi connectivity index (χ1) is 4.70. The van der Waals surface area contributed by atoms with Gasteiger partial charge in [0.05, 0.1) is 12.1 Å². The largest absolute Gasteiger partial charge is 0.396 e. The number of hydrogen-bond acceptors (Lipinski definition) is 3. The minimum atomic E-state index is -0.124. The molecule has 58 valence electrons. The molecule has 3 nitrogen and oxygen atoms in total. The summed E-state index contributed by atoms with van der Waals surface area (Å²) in [4.78, 5) is 0.